The number of fused-ring (bicyclic) bond motifs is 1. The average Bonchev–Trinajstić information content (AvgIpc) is 3.10. The second-order valence-corrected chi connectivity index (χ2v) is 10.1. The molecule has 36 heavy (non-hydrogen) atoms. The predicted molar refractivity (Wildman–Crippen MR) is 129 cm³/mol. The molecule has 1 saturated carbocycles. The topological polar surface area (TPSA) is 107 Å². The Morgan fingerprint density at radius 1 is 1.14 bits per heavy atom. The van der Waals surface area contributed by atoms with Gasteiger partial charge in [0.25, 0.3) is 5.91 Å². The minimum Gasteiger partial charge on any atom is -0.444 e. The number of alkyl halides is 2. The van der Waals surface area contributed by atoms with Crippen LogP contribution in [0.1, 0.15) is 44.1 Å². The zero-order valence-electron chi connectivity index (χ0n) is 19.5. The number of nitrogens with one attached hydrogen (secondary N) is 2. The van der Waals surface area contributed by atoms with Crippen molar-refractivity contribution in [1.82, 2.24) is 25.4 Å². The maximum atomic E-state index is 13.1. The standard InChI is InChI=1S/C23H23Cl2F2N5O4/c1-23(2,3)36-22(34)30-13-7-12(8-13)29-20(33)19-14-10-28-18(25)9-15(14)32(31-19)16-6-11(24)4-5-17(16)35-21(26)27/h4-6,9-10,12-13,21H,7-8H2,1-3H3,(H,29,33)(H,30,34). The molecule has 0 aliphatic heterocycles. The Morgan fingerprint density at radius 2 is 1.83 bits per heavy atom. The van der Waals surface area contributed by atoms with E-state index in [1.165, 1.54) is 35.1 Å². The Morgan fingerprint density at radius 3 is 2.50 bits per heavy atom. The van der Waals surface area contributed by atoms with Crippen molar-refractivity contribution in [3.05, 3.63) is 46.3 Å². The van der Waals surface area contributed by atoms with Gasteiger partial charge in [-0.1, -0.05) is 23.2 Å². The van der Waals surface area contributed by atoms with E-state index in [2.05, 4.69) is 25.5 Å². The number of carbonyl (C=O) groups is 2. The SMILES string of the molecule is CC(C)(C)OC(=O)NC1CC(NC(=O)c2nn(-c3cc(Cl)ccc3OC(F)F)c3cc(Cl)ncc23)C1. The first-order valence-corrected chi connectivity index (χ1v) is 11.7. The van der Waals surface area contributed by atoms with E-state index in [0.29, 0.717) is 23.7 Å². The van der Waals surface area contributed by atoms with Crippen LogP contribution in [0.2, 0.25) is 10.2 Å². The molecule has 0 atom stereocenters. The molecule has 13 heteroatoms. The minimum absolute atomic E-state index is 0.0145. The maximum absolute atomic E-state index is 13.1. The summed E-state index contributed by atoms with van der Waals surface area (Å²) in [5, 5.41) is 10.7. The van der Waals surface area contributed by atoms with Gasteiger partial charge in [0, 0.05) is 29.4 Å². The van der Waals surface area contributed by atoms with Crippen LogP contribution in [0.4, 0.5) is 13.6 Å². The van der Waals surface area contributed by atoms with Crippen molar-refractivity contribution >= 4 is 46.1 Å². The summed E-state index contributed by atoms with van der Waals surface area (Å²) >= 11 is 12.2. The number of carbonyl (C=O) groups excluding carboxylic acids is 2. The molecule has 2 N–H and O–H groups in total. The van der Waals surface area contributed by atoms with Crippen LogP contribution in [0, 0.1) is 0 Å². The summed E-state index contributed by atoms with van der Waals surface area (Å²) in [6, 6.07) is 5.18. The Kier molecular flexibility index (Phi) is 7.24. The second-order valence-electron chi connectivity index (χ2n) is 9.26. The summed E-state index contributed by atoms with van der Waals surface area (Å²) in [4.78, 5) is 29.1. The molecule has 0 unspecified atom stereocenters. The minimum atomic E-state index is -3.08. The highest BCUT2D eigenvalue weighted by atomic mass is 35.5. The van der Waals surface area contributed by atoms with Gasteiger partial charge in [0.1, 0.15) is 16.4 Å². The summed E-state index contributed by atoms with van der Waals surface area (Å²) in [6.45, 7) is 2.23. The fourth-order valence-electron chi connectivity index (χ4n) is 3.77. The summed E-state index contributed by atoms with van der Waals surface area (Å²) in [6.07, 6.45) is 1.87. The van der Waals surface area contributed by atoms with E-state index >= 15 is 0 Å². The highest BCUT2D eigenvalue weighted by molar-refractivity contribution is 6.31. The number of hydrogen-bond acceptors (Lipinski definition) is 6. The maximum Gasteiger partial charge on any atom is 0.407 e. The zero-order chi connectivity index (χ0) is 26.2. The lowest BCUT2D eigenvalue weighted by Crippen LogP contribution is -2.54. The monoisotopic (exact) mass is 541 g/mol. The molecule has 2 heterocycles. The van der Waals surface area contributed by atoms with Gasteiger partial charge in [-0.2, -0.15) is 13.9 Å². The van der Waals surface area contributed by atoms with E-state index in [1.807, 2.05) is 0 Å². The smallest absolute Gasteiger partial charge is 0.407 e. The van der Waals surface area contributed by atoms with Gasteiger partial charge in [0.05, 0.1) is 10.9 Å². The molecule has 2 amide bonds. The van der Waals surface area contributed by atoms with E-state index in [0.717, 1.165) is 0 Å². The first-order valence-electron chi connectivity index (χ1n) is 11.0. The lowest BCUT2D eigenvalue weighted by molar-refractivity contribution is -0.0499. The molecular formula is C23H23Cl2F2N5O4. The molecule has 1 fully saturated rings. The number of aromatic nitrogens is 3. The van der Waals surface area contributed by atoms with Gasteiger partial charge in [-0.15, -0.1) is 0 Å². The van der Waals surface area contributed by atoms with Gasteiger partial charge in [0.2, 0.25) is 0 Å². The van der Waals surface area contributed by atoms with Crippen LogP contribution < -0.4 is 15.4 Å². The quantitative estimate of drug-likeness (QED) is 0.419. The van der Waals surface area contributed by atoms with Gasteiger partial charge < -0.3 is 20.1 Å². The van der Waals surface area contributed by atoms with Crippen LogP contribution in [0.3, 0.4) is 0 Å². The molecule has 2 aromatic heterocycles. The number of rotatable bonds is 6. The van der Waals surface area contributed by atoms with Crippen molar-refractivity contribution in [2.24, 2.45) is 0 Å². The van der Waals surface area contributed by atoms with Crippen molar-refractivity contribution in [3.8, 4) is 11.4 Å². The average molecular weight is 542 g/mol. The van der Waals surface area contributed by atoms with Crippen molar-refractivity contribution in [3.63, 3.8) is 0 Å². The number of alkyl carbamates (subject to hydrolysis) is 1. The highest BCUT2D eigenvalue weighted by Crippen LogP contribution is 2.32. The third-order valence-corrected chi connectivity index (χ3v) is 5.75. The number of pyridine rings is 1. The summed E-state index contributed by atoms with van der Waals surface area (Å²) in [5.74, 6) is -0.685. The van der Waals surface area contributed by atoms with Crippen molar-refractivity contribution in [2.45, 2.75) is 57.9 Å². The van der Waals surface area contributed by atoms with Crippen LogP contribution in [0.15, 0.2) is 30.5 Å². The first kappa shape index (κ1) is 25.9. The molecule has 0 bridgehead atoms. The normalized spacial score (nSPS) is 17.6. The fourth-order valence-corrected chi connectivity index (χ4v) is 4.09. The van der Waals surface area contributed by atoms with E-state index in [4.69, 9.17) is 27.9 Å². The molecule has 0 saturated heterocycles. The van der Waals surface area contributed by atoms with E-state index < -0.39 is 24.2 Å². The molecule has 9 nitrogen and oxygen atoms in total. The number of benzene rings is 1. The van der Waals surface area contributed by atoms with Gasteiger partial charge in [-0.3, -0.25) is 4.79 Å². The van der Waals surface area contributed by atoms with Crippen molar-refractivity contribution in [1.29, 1.82) is 0 Å². The highest BCUT2D eigenvalue weighted by Gasteiger charge is 2.34. The summed E-state index contributed by atoms with van der Waals surface area (Å²) in [7, 11) is 0. The molecule has 3 aromatic rings. The third kappa shape index (κ3) is 5.96. The zero-order valence-corrected chi connectivity index (χ0v) is 21.0. The number of amides is 2. The van der Waals surface area contributed by atoms with Gasteiger partial charge in [-0.05, 0) is 51.8 Å². The third-order valence-electron chi connectivity index (χ3n) is 5.31. The summed E-state index contributed by atoms with van der Waals surface area (Å²) < 4.78 is 37.1. The van der Waals surface area contributed by atoms with Crippen LogP contribution >= 0.6 is 23.2 Å². The Bertz CT molecular complexity index is 1310. The van der Waals surface area contributed by atoms with Gasteiger partial charge in [0.15, 0.2) is 11.4 Å². The van der Waals surface area contributed by atoms with Crippen LogP contribution in [0.25, 0.3) is 16.6 Å². The second kappa shape index (κ2) is 10.1. The van der Waals surface area contributed by atoms with Gasteiger partial charge in [-0.25, -0.2) is 14.5 Å². The molecule has 1 aliphatic rings. The van der Waals surface area contributed by atoms with E-state index in [9.17, 15) is 18.4 Å². The Balaban J connectivity index is 1.55. The first-order chi connectivity index (χ1) is 16.9. The Labute approximate surface area is 215 Å². The lowest BCUT2D eigenvalue weighted by atomic mass is 9.86. The molecule has 192 valence electrons. The van der Waals surface area contributed by atoms with Crippen molar-refractivity contribution in [2.75, 3.05) is 0 Å². The summed E-state index contributed by atoms with van der Waals surface area (Å²) in [5.41, 5.74) is -0.152. The van der Waals surface area contributed by atoms with Gasteiger partial charge >= 0.3 is 12.7 Å². The van der Waals surface area contributed by atoms with Crippen molar-refractivity contribution < 1.29 is 27.8 Å². The van der Waals surface area contributed by atoms with E-state index in [-0.39, 0.29) is 39.4 Å². The fraction of sp³-hybridized carbons (Fsp3) is 0.391. The molecule has 1 aromatic carbocycles. The predicted octanol–water partition coefficient (Wildman–Crippen LogP) is 5.11. The van der Waals surface area contributed by atoms with E-state index in [1.54, 1.807) is 20.8 Å². The van der Waals surface area contributed by atoms with Crippen LogP contribution in [0.5, 0.6) is 5.75 Å². The molecule has 4 rings (SSSR count). The van der Waals surface area contributed by atoms with Crippen LogP contribution in [-0.2, 0) is 4.74 Å². The number of ether oxygens (including phenoxy) is 2. The Hall–Kier alpha value is -3.18. The van der Waals surface area contributed by atoms with Crippen LogP contribution in [-0.4, -0.2) is 51.1 Å². The molecular weight excluding hydrogens is 519 g/mol. The number of hydrogen-bond donors (Lipinski definition) is 2. The largest absolute Gasteiger partial charge is 0.444 e. The lowest BCUT2D eigenvalue weighted by Gasteiger charge is -2.36. The molecule has 0 radical (unpaired) electrons. The number of nitrogens with zero attached hydrogens (tertiary/aromatic N) is 3. The molecule has 1 aliphatic carbocycles. The number of halogens is 4. The molecule has 0 spiro atoms.